The van der Waals surface area contributed by atoms with Crippen molar-refractivity contribution in [1.29, 1.82) is 0 Å². The summed E-state index contributed by atoms with van der Waals surface area (Å²) < 4.78 is 0. The highest BCUT2D eigenvalue weighted by molar-refractivity contribution is 7.15. The van der Waals surface area contributed by atoms with Gasteiger partial charge in [-0.2, -0.15) is 0 Å². The standard InChI is InChI=1S/C16H21N3S2/c1-17-9-14-15(11-4-5-11)18-16(21-14)19(12-6-7-12)10-13-3-2-8-20-13/h2-3,8,11-12,17H,4-7,9-10H2,1H3. The molecular formula is C16H21N3S2. The van der Waals surface area contributed by atoms with E-state index in [9.17, 15) is 0 Å². The lowest BCUT2D eigenvalue weighted by Crippen LogP contribution is -2.24. The quantitative estimate of drug-likeness (QED) is 0.837. The molecule has 2 aromatic rings. The predicted octanol–water partition coefficient (Wildman–Crippen LogP) is 3.97. The number of nitrogens with one attached hydrogen (secondary N) is 1. The fourth-order valence-electron chi connectivity index (χ4n) is 2.75. The largest absolute Gasteiger partial charge is 0.340 e. The minimum atomic E-state index is 0.715. The lowest BCUT2D eigenvalue weighted by molar-refractivity contribution is 0.789. The molecule has 0 spiro atoms. The summed E-state index contributed by atoms with van der Waals surface area (Å²) in [7, 11) is 2.03. The summed E-state index contributed by atoms with van der Waals surface area (Å²) in [5.41, 5.74) is 1.38. The topological polar surface area (TPSA) is 28.2 Å². The van der Waals surface area contributed by atoms with Gasteiger partial charge in [0.1, 0.15) is 0 Å². The van der Waals surface area contributed by atoms with E-state index in [-0.39, 0.29) is 0 Å². The molecular weight excluding hydrogens is 298 g/mol. The Hall–Kier alpha value is -0.910. The van der Waals surface area contributed by atoms with Crippen LogP contribution >= 0.6 is 22.7 Å². The van der Waals surface area contributed by atoms with Gasteiger partial charge in [0, 0.05) is 28.3 Å². The van der Waals surface area contributed by atoms with Crippen LogP contribution in [0.15, 0.2) is 17.5 Å². The first-order chi connectivity index (χ1) is 10.3. The Morgan fingerprint density at radius 2 is 2.19 bits per heavy atom. The van der Waals surface area contributed by atoms with Crippen LogP contribution in [0, 0.1) is 0 Å². The molecule has 1 N–H and O–H groups in total. The van der Waals surface area contributed by atoms with E-state index < -0.39 is 0 Å². The summed E-state index contributed by atoms with van der Waals surface area (Å²) >= 11 is 3.76. The molecule has 0 aliphatic heterocycles. The van der Waals surface area contributed by atoms with Crippen molar-refractivity contribution in [3.8, 4) is 0 Å². The number of anilines is 1. The number of nitrogens with zero attached hydrogens (tertiary/aromatic N) is 2. The van der Waals surface area contributed by atoms with E-state index in [1.165, 1.54) is 46.3 Å². The molecule has 0 amide bonds. The smallest absolute Gasteiger partial charge is 0.186 e. The maximum absolute atomic E-state index is 5.04. The number of thiazole rings is 1. The maximum Gasteiger partial charge on any atom is 0.186 e. The van der Waals surface area contributed by atoms with E-state index in [0.29, 0.717) is 6.04 Å². The Labute approximate surface area is 134 Å². The van der Waals surface area contributed by atoms with E-state index in [4.69, 9.17) is 4.98 Å². The third kappa shape index (κ3) is 3.00. The summed E-state index contributed by atoms with van der Waals surface area (Å²) in [4.78, 5) is 10.5. The van der Waals surface area contributed by atoms with Crippen LogP contribution in [0.1, 0.15) is 47.0 Å². The van der Waals surface area contributed by atoms with Gasteiger partial charge in [-0.1, -0.05) is 6.07 Å². The average molecular weight is 319 g/mol. The lowest BCUT2D eigenvalue weighted by Gasteiger charge is -2.20. The zero-order valence-corrected chi connectivity index (χ0v) is 14.0. The molecule has 2 aromatic heterocycles. The van der Waals surface area contributed by atoms with Gasteiger partial charge in [-0.3, -0.25) is 0 Å². The molecule has 21 heavy (non-hydrogen) atoms. The molecule has 5 heteroatoms. The predicted molar refractivity (Wildman–Crippen MR) is 90.4 cm³/mol. The van der Waals surface area contributed by atoms with E-state index in [1.807, 2.05) is 29.7 Å². The molecule has 2 heterocycles. The van der Waals surface area contributed by atoms with Gasteiger partial charge in [-0.05, 0) is 44.2 Å². The summed E-state index contributed by atoms with van der Waals surface area (Å²) in [6.07, 6.45) is 5.30. The number of hydrogen-bond acceptors (Lipinski definition) is 5. The van der Waals surface area contributed by atoms with Crippen molar-refractivity contribution in [2.45, 2.75) is 50.7 Å². The van der Waals surface area contributed by atoms with Crippen molar-refractivity contribution in [3.63, 3.8) is 0 Å². The number of hydrogen-bond donors (Lipinski definition) is 1. The zero-order valence-electron chi connectivity index (χ0n) is 12.3. The molecule has 112 valence electrons. The summed E-state index contributed by atoms with van der Waals surface area (Å²) in [5.74, 6) is 0.737. The Kier molecular flexibility index (Phi) is 3.73. The number of aromatic nitrogens is 1. The summed E-state index contributed by atoms with van der Waals surface area (Å²) in [6.45, 7) is 1.99. The average Bonchev–Trinajstić information content (AvgIpc) is 3.41. The summed E-state index contributed by atoms with van der Waals surface area (Å²) in [6, 6.07) is 5.10. The van der Waals surface area contributed by atoms with E-state index in [1.54, 1.807) is 0 Å². The van der Waals surface area contributed by atoms with Gasteiger partial charge < -0.3 is 10.2 Å². The molecule has 2 aliphatic carbocycles. The zero-order chi connectivity index (χ0) is 14.2. The Balaban J connectivity index is 1.61. The maximum atomic E-state index is 5.04. The van der Waals surface area contributed by atoms with Crippen molar-refractivity contribution >= 4 is 27.8 Å². The second-order valence-corrected chi connectivity index (χ2v) is 8.14. The first-order valence-corrected chi connectivity index (χ1v) is 9.48. The molecule has 2 saturated carbocycles. The minimum absolute atomic E-state index is 0.715. The SMILES string of the molecule is CNCc1sc(N(Cc2cccs2)C2CC2)nc1C1CC1. The molecule has 2 aliphatic rings. The number of rotatable bonds is 7. The van der Waals surface area contributed by atoms with E-state index in [0.717, 1.165) is 19.0 Å². The first-order valence-electron chi connectivity index (χ1n) is 7.78. The molecule has 0 bridgehead atoms. The Bertz CT molecular complexity index is 597. The van der Waals surface area contributed by atoms with E-state index in [2.05, 4.69) is 27.7 Å². The van der Waals surface area contributed by atoms with Gasteiger partial charge in [0.05, 0.1) is 12.2 Å². The molecule has 0 aromatic carbocycles. The van der Waals surface area contributed by atoms with Crippen LogP contribution in [0.5, 0.6) is 0 Å². The van der Waals surface area contributed by atoms with Gasteiger partial charge >= 0.3 is 0 Å². The van der Waals surface area contributed by atoms with Crippen molar-refractivity contribution in [2.75, 3.05) is 11.9 Å². The van der Waals surface area contributed by atoms with Crippen LogP contribution in [0.4, 0.5) is 5.13 Å². The van der Waals surface area contributed by atoms with Crippen LogP contribution in [0.2, 0.25) is 0 Å². The molecule has 2 fully saturated rings. The molecule has 0 atom stereocenters. The molecule has 4 rings (SSSR count). The van der Waals surface area contributed by atoms with Crippen LogP contribution in [-0.4, -0.2) is 18.1 Å². The fraction of sp³-hybridized carbons (Fsp3) is 0.562. The Morgan fingerprint density at radius 3 is 2.81 bits per heavy atom. The third-order valence-corrected chi connectivity index (χ3v) is 6.13. The van der Waals surface area contributed by atoms with Crippen LogP contribution < -0.4 is 10.2 Å². The van der Waals surface area contributed by atoms with Crippen molar-refractivity contribution < 1.29 is 0 Å². The van der Waals surface area contributed by atoms with Crippen molar-refractivity contribution in [1.82, 2.24) is 10.3 Å². The number of thiophene rings is 1. The second kappa shape index (κ2) is 5.71. The Morgan fingerprint density at radius 1 is 1.33 bits per heavy atom. The highest BCUT2D eigenvalue weighted by atomic mass is 32.1. The van der Waals surface area contributed by atoms with Crippen molar-refractivity contribution in [3.05, 3.63) is 33.0 Å². The molecule has 3 nitrogen and oxygen atoms in total. The van der Waals surface area contributed by atoms with Crippen LogP contribution in [0.3, 0.4) is 0 Å². The van der Waals surface area contributed by atoms with Gasteiger partial charge in [0.15, 0.2) is 5.13 Å². The fourth-order valence-corrected chi connectivity index (χ4v) is 4.68. The lowest BCUT2D eigenvalue weighted by atomic mass is 10.2. The van der Waals surface area contributed by atoms with Gasteiger partial charge in [0.25, 0.3) is 0 Å². The highest BCUT2D eigenvalue weighted by Gasteiger charge is 2.34. The monoisotopic (exact) mass is 319 g/mol. The van der Waals surface area contributed by atoms with Gasteiger partial charge in [-0.25, -0.2) is 4.98 Å². The van der Waals surface area contributed by atoms with Crippen LogP contribution in [0.25, 0.3) is 0 Å². The molecule has 0 radical (unpaired) electrons. The van der Waals surface area contributed by atoms with Gasteiger partial charge in [0.2, 0.25) is 0 Å². The van der Waals surface area contributed by atoms with Gasteiger partial charge in [-0.15, -0.1) is 22.7 Å². The van der Waals surface area contributed by atoms with E-state index >= 15 is 0 Å². The summed E-state index contributed by atoms with van der Waals surface area (Å²) in [5, 5.41) is 6.72. The van der Waals surface area contributed by atoms with Crippen LogP contribution in [-0.2, 0) is 13.1 Å². The highest BCUT2D eigenvalue weighted by Crippen LogP contribution is 2.45. The van der Waals surface area contributed by atoms with Crippen molar-refractivity contribution in [2.24, 2.45) is 0 Å². The molecule has 0 saturated heterocycles. The third-order valence-electron chi connectivity index (χ3n) is 4.16. The molecule has 0 unspecified atom stereocenters. The first kappa shape index (κ1) is 13.7. The normalized spacial score (nSPS) is 18.1. The second-order valence-electron chi connectivity index (χ2n) is 6.05. The minimum Gasteiger partial charge on any atom is -0.340 e.